The number of anilines is 1. The lowest BCUT2D eigenvalue weighted by Crippen LogP contribution is -2.18. The molecule has 0 unspecified atom stereocenters. The van der Waals surface area contributed by atoms with Crippen molar-refractivity contribution in [1.82, 2.24) is 9.97 Å². The summed E-state index contributed by atoms with van der Waals surface area (Å²) < 4.78 is 0. The molecule has 3 aromatic rings. The van der Waals surface area contributed by atoms with E-state index in [2.05, 4.69) is 48.4 Å². The summed E-state index contributed by atoms with van der Waals surface area (Å²) in [7, 11) is 0. The molecule has 0 saturated carbocycles. The molecule has 3 heteroatoms. The molecule has 1 aromatic heterocycles. The van der Waals surface area contributed by atoms with Crippen LogP contribution in [0.4, 0.5) is 5.69 Å². The van der Waals surface area contributed by atoms with Crippen molar-refractivity contribution in [3.63, 3.8) is 0 Å². The predicted octanol–water partition coefficient (Wildman–Crippen LogP) is 3.93. The van der Waals surface area contributed by atoms with Gasteiger partial charge in [0.05, 0.1) is 11.0 Å². The highest BCUT2D eigenvalue weighted by molar-refractivity contribution is 5.85. The molecule has 1 aliphatic heterocycles. The maximum Gasteiger partial charge on any atom is 0.138 e. The van der Waals surface area contributed by atoms with Crippen molar-refractivity contribution in [3.05, 3.63) is 48.0 Å². The van der Waals surface area contributed by atoms with Gasteiger partial charge in [-0.05, 0) is 17.7 Å². The predicted molar refractivity (Wildman–Crippen MR) is 83.0 cm³/mol. The summed E-state index contributed by atoms with van der Waals surface area (Å²) in [6, 6.07) is 14.6. The molecule has 2 aromatic carbocycles. The van der Waals surface area contributed by atoms with E-state index in [-0.39, 0.29) is 5.41 Å². The van der Waals surface area contributed by atoms with Gasteiger partial charge in [-0.3, -0.25) is 0 Å². The Kier molecular flexibility index (Phi) is 2.22. The number of rotatable bonds is 1. The van der Waals surface area contributed by atoms with E-state index in [0.717, 1.165) is 29.0 Å². The van der Waals surface area contributed by atoms with Crippen molar-refractivity contribution >= 4 is 16.7 Å². The Morgan fingerprint density at radius 1 is 1.10 bits per heavy atom. The maximum absolute atomic E-state index is 4.71. The summed E-state index contributed by atoms with van der Waals surface area (Å²) in [5, 5.41) is 3.48. The van der Waals surface area contributed by atoms with Crippen molar-refractivity contribution in [1.29, 1.82) is 0 Å². The fourth-order valence-corrected chi connectivity index (χ4v) is 2.91. The zero-order chi connectivity index (χ0) is 13.7. The first-order valence-electron chi connectivity index (χ1n) is 6.97. The molecule has 2 heterocycles. The Morgan fingerprint density at radius 2 is 1.90 bits per heavy atom. The molecule has 0 bridgehead atoms. The van der Waals surface area contributed by atoms with Gasteiger partial charge < -0.3 is 10.3 Å². The van der Waals surface area contributed by atoms with E-state index in [0.29, 0.717) is 0 Å². The second-order valence-corrected chi connectivity index (χ2v) is 6.10. The van der Waals surface area contributed by atoms with Crippen LogP contribution in [0.2, 0.25) is 0 Å². The fourth-order valence-electron chi connectivity index (χ4n) is 2.91. The smallest absolute Gasteiger partial charge is 0.138 e. The lowest BCUT2D eigenvalue weighted by Gasteiger charge is -2.16. The lowest BCUT2D eigenvalue weighted by atomic mass is 9.87. The van der Waals surface area contributed by atoms with Gasteiger partial charge in [-0.15, -0.1) is 0 Å². The summed E-state index contributed by atoms with van der Waals surface area (Å²) in [6.07, 6.45) is 0. The molecule has 0 spiro atoms. The molecule has 3 nitrogen and oxygen atoms in total. The third kappa shape index (κ3) is 1.63. The van der Waals surface area contributed by atoms with Crippen LogP contribution in [0.1, 0.15) is 19.4 Å². The summed E-state index contributed by atoms with van der Waals surface area (Å²) in [5.74, 6) is 0.932. The van der Waals surface area contributed by atoms with Crippen LogP contribution in [0, 0.1) is 0 Å². The first-order chi connectivity index (χ1) is 9.63. The van der Waals surface area contributed by atoms with Crippen LogP contribution in [0.5, 0.6) is 0 Å². The number of fused-ring (bicyclic) bond motifs is 2. The van der Waals surface area contributed by atoms with Gasteiger partial charge >= 0.3 is 0 Å². The molecule has 0 amide bonds. The maximum atomic E-state index is 4.71. The zero-order valence-electron chi connectivity index (χ0n) is 11.7. The number of nitrogens with zero attached hydrogens (tertiary/aromatic N) is 1. The van der Waals surface area contributed by atoms with Gasteiger partial charge in [0.15, 0.2) is 0 Å². The average molecular weight is 263 g/mol. The van der Waals surface area contributed by atoms with Crippen LogP contribution in [0.3, 0.4) is 0 Å². The molecule has 0 saturated heterocycles. The van der Waals surface area contributed by atoms with Gasteiger partial charge in [0.25, 0.3) is 0 Å². The number of aromatic amines is 1. The first kappa shape index (κ1) is 11.5. The minimum Gasteiger partial charge on any atom is -0.384 e. The van der Waals surface area contributed by atoms with E-state index < -0.39 is 0 Å². The molecule has 2 N–H and O–H groups in total. The monoisotopic (exact) mass is 263 g/mol. The second kappa shape index (κ2) is 3.85. The Labute approximate surface area is 118 Å². The van der Waals surface area contributed by atoms with Crippen molar-refractivity contribution < 1.29 is 0 Å². The summed E-state index contributed by atoms with van der Waals surface area (Å²) >= 11 is 0. The number of hydrogen-bond donors (Lipinski definition) is 2. The summed E-state index contributed by atoms with van der Waals surface area (Å²) in [4.78, 5) is 8.15. The number of H-pyrrole nitrogens is 1. The van der Waals surface area contributed by atoms with E-state index in [1.807, 2.05) is 18.2 Å². The molecule has 0 radical (unpaired) electrons. The van der Waals surface area contributed by atoms with Crippen molar-refractivity contribution in [2.24, 2.45) is 0 Å². The third-order valence-electron chi connectivity index (χ3n) is 4.12. The van der Waals surface area contributed by atoms with Crippen molar-refractivity contribution in [2.75, 3.05) is 11.9 Å². The minimum absolute atomic E-state index is 0.182. The molecule has 4 rings (SSSR count). The van der Waals surface area contributed by atoms with E-state index >= 15 is 0 Å². The highest BCUT2D eigenvalue weighted by Gasteiger charge is 2.30. The lowest BCUT2D eigenvalue weighted by molar-refractivity contribution is 0.586. The Hall–Kier alpha value is -2.29. The van der Waals surface area contributed by atoms with Gasteiger partial charge in [0.1, 0.15) is 5.82 Å². The van der Waals surface area contributed by atoms with Gasteiger partial charge in [-0.2, -0.15) is 0 Å². The molecule has 20 heavy (non-hydrogen) atoms. The number of nitrogens with one attached hydrogen (secondary N) is 2. The minimum atomic E-state index is 0.182. The first-order valence-corrected chi connectivity index (χ1v) is 6.97. The van der Waals surface area contributed by atoms with E-state index in [1.165, 1.54) is 11.3 Å². The number of aromatic nitrogens is 2. The SMILES string of the molecule is CC1(C)CNc2cc3nc(-c4ccccc4)[nH]c3cc21. The number of imidazole rings is 1. The Balaban J connectivity index is 1.90. The van der Waals surface area contributed by atoms with Gasteiger partial charge in [0, 0.05) is 23.2 Å². The van der Waals surface area contributed by atoms with Crippen molar-refractivity contribution in [3.8, 4) is 11.4 Å². The summed E-state index contributed by atoms with van der Waals surface area (Å²) in [5.41, 5.74) is 6.02. The van der Waals surface area contributed by atoms with Gasteiger partial charge in [-0.1, -0.05) is 44.2 Å². The third-order valence-corrected chi connectivity index (χ3v) is 4.12. The quantitative estimate of drug-likeness (QED) is 0.698. The van der Waals surface area contributed by atoms with Crippen LogP contribution in [-0.2, 0) is 5.41 Å². The fraction of sp³-hybridized carbons (Fsp3) is 0.235. The van der Waals surface area contributed by atoms with Crippen LogP contribution in [0.15, 0.2) is 42.5 Å². The Bertz CT molecular complexity index is 785. The van der Waals surface area contributed by atoms with E-state index in [1.54, 1.807) is 0 Å². The largest absolute Gasteiger partial charge is 0.384 e. The standard InChI is InChI=1S/C17H17N3/c1-17(2)10-18-13-9-15-14(8-12(13)17)19-16(20-15)11-6-4-3-5-7-11/h3-9,18H,10H2,1-2H3,(H,19,20). The molecule has 0 aliphatic carbocycles. The zero-order valence-corrected chi connectivity index (χ0v) is 11.7. The highest BCUT2D eigenvalue weighted by atomic mass is 15.0. The topological polar surface area (TPSA) is 40.7 Å². The summed E-state index contributed by atoms with van der Waals surface area (Å²) in [6.45, 7) is 5.53. The van der Waals surface area contributed by atoms with E-state index in [9.17, 15) is 0 Å². The highest BCUT2D eigenvalue weighted by Crippen LogP contribution is 2.38. The molecule has 1 aliphatic rings. The van der Waals surface area contributed by atoms with Crippen LogP contribution >= 0.6 is 0 Å². The van der Waals surface area contributed by atoms with Gasteiger partial charge in [0.2, 0.25) is 0 Å². The van der Waals surface area contributed by atoms with E-state index in [4.69, 9.17) is 4.98 Å². The molecular formula is C17H17N3. The van der Waals surface area contributed by atoms with Gasteiger partial charge in [-0.25, -0.2) is 4.98 Å². The molecule has 0 fully saturated rings. The average Bonchev–Trinajstić information content (AvgIpc) is 2.99. The normalized spacial score (nSPS) is 16.1. The van der Waals surface area contributed by atoms with Crippen LogP contribution < -0.4 is 5.32 Å². The number of hydrogen-bond acceptors (Lipinski definition) is 2. The molecular weight excluding hydrogens is 246 g/mol. The number of benzene rings is 2. The van der Waals surface area contributed by atoms with Crippen molar-refractivity contribution in [2.45, 2.75) is 19.3 Å². The molecule has 0 atom stereocenters. The molecule has 100 valence electrons. The second-order valence-electron chi connectivity index (χ2n) is 6.10. The van der Waals surface area contributed by atoms with Crippen LogP contribution in [0.25, 0.3) is 22.4 Å². The Morgan fingerprint density at radius 3 is 2.70 bits per heavy atom. The van der Waals surface area contributed by atoms with Crippen LogP contribution in [-0.4, -0.2) is 16.5 Å².